The van der Waals surface area contributed by atoms with Gasteiger partial charge in [0.05, 0.1) is 25.1 Å². The van der Waals surface area contributed by atoms with Crippen LogP contribution in [0.25, 0.3) is 11.0 Å². The SMILES string of the molecule is CC(C)n1cnc2cc(Br)nc(OC3CCOCC3)c21. The van der Waals surface area contributed by atoms with Crippen molar-refractivity contribution in [1.82, 2.24) is 14.5 Å². The van der Waals surface area contributed by atoms with Gasteiger partial charge in [0.1, 0.15) is 16.2 Å². The molecule has 1 aliphatic rings. The molecule has 0 N–H and O–H groups in total. The van der Waals surface area contributed by atoms with Crippen molar-refractivity contribution in [3.8, 4) is 5.88 Å². The zero-order valence-corrected chi connectivity index (χ0v) is 13.3. The average molecular weight is 340 g/mol. The highest BCUT2D eigenvalue weighted by molar-refractivity contribution is 9.10. The molecular weight excluding hydrogens is 322 g/mol. The molecular formula is C14H18BrN3O2. The minimum atomic E-state index is 0.171. The molecule has 1 aliphatic heterocycles. The third-order valence-electron chi connectivity index (χ3n) is 3.49. The van der Waals surface area contributed by atoms with E-state index in [2.05, 4.69) is 44.3 Å². The molecule has 0 saturated carbocycles. The van der Waals surface area contributed by atoms with E-state index in [-0.39, 0.29) is 6.10 Å². The fourth-order valence-corrected chi connectivity index (χ4v) is 2.80. The lowest BCUT2D eigenvalue weighted by Crippen LogP contribution is -2.26. The van der Waals surface area contributed by atoms with E-state index in [0.717, 1.165) is 41.7 Å². The second-order valence-electron chi connectivity index (χ2n) is 5.29. The van der Waals surface area contributed by atoms with Crippen molar-refractivity contribution >= 4 is 27.0 Å². The van der Waals surface area contributed by atoms with Gasteiger partial charge in [0.25, 0.3) is 0 Å². The molecule has 3 heterocycles. The Morgan fingerprint density at radius 1 is 1.40 bits per heavy atom. The predicted molar refractivity (Wildman–Crippen MR) is 80.1 cm³/mol. The summed E-state index contributed by atoms with van der Waals surface area (Å²) in [4.78, 5) is 8.95. The maximum Gasteiger partial charge on any atom is 0.241 e. The molecule has 1 fully saturated rings. The van der Waals surface area contributed by atoms with Crippen LogP contribution in [0.3, 0.4) is 0 Å². The molecule has 0 spiro atoms. The van der Waals surface area contributed by atoms with E-state index >= 15 is 0 Å². The second kappa shape index (κ2) is 5.69. The normalized spacial score (nSPS) is 17.0. The molecule has 20 heavy (non-hydrogen) atoms. The monoisotopic (exact) mass is 339 g/mol. The number of ether oxygens (including phenoxy) is 2. The molecule has 0 amide bonds. The first-order valence-electron chi connectivity index (χ1n) is 6.92. The average Bonchev–Trinajstić information content (AvgIpc) is 2.83. The largest absolute Gasteiger partial charge is 0.473 e. The maximum atomic E-state index is 6.12. The summed E-state index contributed by atoms with van der Waals surface area (Å²) in [7, 11) is 0. The van der Waals surface area contributed by atoms with E-state index in [9.17, 15) is 0 Å². The molecule has 108 valence electrons. The summed E-state index contributed by atoms with van der Waals surface area (Å²) in [6, 6.07) is 2.24. The highest BCUT2D eigenvalue weighted by Crippen LogP contribution is 2.30. The van der Waals surface area contributed by atoms with Gasteiger partial charge >= 0.3 is 0 Å². The smallest absolute Gasteiger partial charge is 0.241 e. The van der Waals surface area contributed by atoms with Crippen molar-refractivity contribution in [2.75, 3.05) is 13.2 Å². The molecule has 0 aromatic carbocycles. The van der Waals surface area contributed by atoms with Crippen molar-refractivity contribution in [3.05, 3.63) is 17.0 Å². The summed E-state index contributed by atoms with van der Waals surface area (Å²) in [5, 5.41) is 0. The summed E-state index contributed by atoms with van der Waals surface area (Å²) in [5.41, 5.74) is 1.87. The van der Waals surface area contributed by atoms with E-state index in [1.54, 1.807) is 0 Å². The summed E-state index contributed by atoms with van der Waals surface area (Å²) in [5.74, 6) is 0.660. The fourth-order valence-electron chi connectivity index (χ4n) is 2.42. The Morgan fingerprint density at radius 3 is 2.85 bits per heavy atom. The van der Waals surface area contributed by atoms with Crippen LogP contribution in [-0.4, -0.2) is 33.9 Å². The number of rotatable bonds is 3. The molecule has 2 aromatic rings. The molecule has 0 unspecified atom stereocenters. The van der Waals surface area contributed by atoms with Crippen LogP contribution in [0.2, 0.25) is 0 Å². The number of aromatic nitrogens is 3. The summed E-state index contributed by atoms with van der Waals surface area (Å²) in [6.45, 7) is 5.76. The summed E-state index contributed by atoms with van der Waals surface area (Å²) >= 11 is 3.43. The van der Waals surface area contributed by atoms with Crippen LogP contribution in [0.5, 0.6) is 5.88 Å². The quantitative estimate of drug-likeness (QED) is 0.804. The van der Waals surface area contributed by atoms with Crippen molar-refractivity contribution in [2.24, 2.45) is 0 Å². The maximum absolute atomic E-state index is 6.12. The molecule has 0 atom stereocenters. The Balaban J connectivity index is 2.00. The molecule has 1 saturated heterocycles. The number of fused-ring (bicyclic) bond motifs is 1. The molecule has 0 radical (unpaired) electrons. The number of hydrogen-bond donors (Lipinski definition) is 0. The van der Waals surface area contributed by atoms with E-state index in [1.165, 1.54) is 0 Å². The highest BCUT2D eigenvalue weighted by Gasteiger charge is 2.20. The van der Waals surface area contributed by atoms with Crippen LogP contribution in [0.15, 0.2) is 17.0 Å². The minimum Gasteiger partial charge on any atom is -0.473 e. The Morgan fingerprint density at radius 2 is 2.15 bits per heavy atom. The first-order valence-corrected chi connectivity index (χ1v) is 7.72. The van der Waals surface area contributed by atoms with Crippen LogP contribution >= 0.6 is 15.9 Å². The topological polar surface area (TPSA) is 49.2 Å². The van der Waals surface area contributed by atoms with Gasteiger partial charge in [0.15, 0.2) is 0 Å². The number of imidazole rings is 1. The lowest BCUT2D eigenvalue weighted by atomic mass is 10.1. The Labute approximate surface area is 126 Å². The van der Waals surface area contributed by atoms with Crippen LogP contribution in [0.1, 0.15) is 32.7 Å². The Hall–Kier alpha value is -1.14. The molecule has 0 bridgehead atoms. The fraction of sp³-hybridized carbons (Fsp3) is 0.571. The van der Waals surface area contributed by atoms with Gasteiger partial charge in [-0.15, -0.1) is 0 Å². The molecule has 5 nitrogen and oxygen atoms in total. The Kier molecular flexibility index (Phi) is 3.94. The summed E-state index contributed by atoms with van der Waals surface area (Å²) < 4.78 is 14.3. The van der Waals surface area contributed by atoms with Crippen LogP contribution < -0.4 is 4.74 Å². The van der Waals surface area contributed by atoms with Gasteiger partial charge in [-0.1, -0.05) is 0 Å². The van der Waals surface area contributed by atoms with Crippen LogP contribution in [-0.2, 0) is 4.74 Å². The number of hydrogen-bond acceptors (Lipinski definition) is 4. The van der Waals surface area contributed by atoms with Crippen molar-refractivity contribution in [3.63, 3.8) is 0 Å². The zero-order chi connectivity index (χ0) is 14.1. The van der Waals surface area contributed by atoms with Gasteiger partial charge in [0, 0.05) is 18.9 Å². The number of pyridine rings is 1. The molecule has 2 aromatic heterocycles. The van der Waals surface area contributed by atoms with Gasteiger partial charge in [0.2, 0.25) is 5.88 Å². The number of nitrogens with zero attached hydrogens (tertiary/aromatic N) is 3. The Bertz CT molecular complexity index is 606. The minimum absolute atomic E-state index is 0.171. The first kappa shape index (κ1) is 13.8. The second-order valence-corrected chi connectivity index (χ2v) is 6.11. The van der Waals surface area contributed by atoms with Gasteiger partial charge < -0.3 is 14.0 Å². The van der Waals surface area contributed by atoms with Crippen molar-refractivity contribution in [2.45, 2.75) is 38.8 Å². The third kappa shape index (κ3) is 2.67. The molecule has 0 aliphatic carbocycles. The van der Waals surface area contributed by atoms with Gasteiger partial charge in [-0.3, -0.25) is 0 Å². The van der Waals surface area contributed by atoms with Crippen molar-refractivity contribution < 1.29 is 9.47 Å². The van der Waals surface area contributed by atoms with Crippen molar-refractivity contribution in [1.29, 1.82) is 0 Å². The van der Waals surface area contributed by atoms with Crippen LogP contribution in [0, 0.1) is 0 Å². The zero-order valence-electron chi connectivity index (χ0n) is 11.7. The lowest BCUT2D eigenvalue weighted by molar-refractivity contribution is 0.0242. The van der Waals surface area contributed by atoms with Gasteiger partial charge in [-0.05, 0) is 35.8 Å². The van der Waals surface area contributed by atoms with E-state index in [1.807, 2.05) is 12.4 Å². The third-order valence-corrected chi connectivity index (χ3v) is 3.90. The van der Waals surface area contributed by atoms with E-state index < -0.39 is 0 Å². The number of halogens is 1. The highest BCUT2D eigenvalue weighted by atomic mass is 79.9. The van der Waals surface area contributed by atoms with Crippen LogP contribution in [0.4, 0.5) is 0 Å². The first-order chi connectivity index (χ1) is 9.65. The predicted octanol–water partition coefficient (Wildman–Crippen LogP) is 3.33. The van der Waals surface area contributed by atoms with E-state index in [4.69, 9.17) is 9.47 Å². The standard InChI is InChI=1S/C14H18BrN3O2/c1-9(2)18-8-16-11-7-12(15)17-14(13(11)18)20-10-3-5-19-6-4-10/h7-10H,3-6H2,1-2H3. The lowest BCUT2D eigenvalue weighted by Gasteiger charge is -2.23. The van der Waals surface area contributed by atoms with Gasteiger partial charge in [-0.2, -0.15) is 0 Å². The summed E-state index contributed by atoms with van der Waals surface area (Å²) in [6.07, 6.45) is 3.83. The van der Waals surface area contributed by atoms with Gasteiger partial charge in [-0.25, -0.2) is 9.97 Å². The van der Waals surface area contributed by atoms with E-state index in [0.29, 0.717) is 11.9 Å². The molecule has 3 rings (SSSR count). The molecule has 6 heteroatoms.